The van der Waals surface area contributed by atoms with Crippen LogP contribution in [0, 0.1) is 79.8 Å². The fraction of sp³-hybridized carbons (Fsp3) is 0.533. The second-order valence-electron chi connectivity index (χ2n) is 28.8. The summed E-state index contributed by atoms with van der Waals surface area (Å²) < 4.78 is 0. The number of phenols is 1. The Hall–Kier alpha value is -5.23. The molecule has 80 heavy (non-hydrogen) atoms. The van der Waals surface area contributed by atoms with Gasteiger partial charge in [-0.05, 0) is 212 Å². The molecule has 0 aromatic heterocycles. The average molecular weight is 1070 g/mol. The molecule has 4 aromatic rings. The first-order valence-corrected chi connectivity index (χ1v) is 31.8. The zero-order valence-corrected chi connectivity index (χ0v) is 48.2. The molecule has 0 unspecified atom stereocenters. The summed E-state index contributed by atoms with van der Waals surface area (Å²) in [5.74, 6) is 0.646. The van der Waals surface area contributed by atoms with E-state index in [1.807, 2.05) is 12.1 Å². The quantitative estimate of drug-likeness (QED) is 0.106. The Morgan fingerprint density at radius 2 is 1.52 bits per heavy atom. The van der Waals surface area contributed by atoms with Gasteiger partial charge in [-0.1, -0.05) is 179 Å². The van der Waals surface area contributed by atoms with E-state index in [1.165, 1.54) is 70.4 Å². The van der Waals surface area contributed by atoms with Gasteiger partial charge in [0.1, 0.15) is 5.75 Å². The monoisotopic (exact) mass is 1070 g/mol. The van der Waals surface area contributed by atoms with Crippen molar-refractivity contribution in [2.24, 2.45) is 79.8 Å². The topological polar surface area (TPSA) is 98.0 Å². The third-order valence-electron chi connectivity index (χ3n) is 25.7. The molecule has 4 N–H and O–H groups in total. The molecule has 4 aromatic carbocycles. The maximum Gasteiger partial charge on any atom is 0.306 e. The Bertz CT molecular complexity index is 3330. The first kappa shape index (κ1) is 52.8. The van der Waals surface area contributed by atoms with Gasteiger partial charge in [0.15, 0.2) is 0 Å². The van der Waals surface area contributed by atoms with E-state index >= 15 is 0 Å². The zero-order chi connectivity index (χ0) is 55.0. The van der Waals surface area contributed by atoms with Crippen LogP contribution in [0.2, 0.25) is 0 Å². The molecule has 10 aliphatic carbocycles. The fourth-order valence-corrected chi connectivity index (χ4v) is 22.3. The number of aliphatic hydroxyl groups excluding tert-OH is 2. The van der Waals surface area contributed by atoms with Gasteiger partial charge in [-0.3, -0.25) is 4.79 Å². The standard InChI is InChI=1S/C75H88O5/c1-47(48(2)52-18-9-6-10-19-52)23-28-59(68(79)80)67-65(77)46-75-64-45-72-34-14-33-70(3)66(78)32-38-74(69(70)72,63(64)43-56(71(67,75)4)31-37-73(75)35-29-50(30-36-73)39-49-15-7-5-8-16-49)62-42-55-20-11-12-22-58(55)60(61(62)44-72)41-51-17-13-21-54(40-51)53-24-26-57(76)27-25-53/h5,7-8,11-17,20-22,24-27,34,40,42,44,48,50,52,56,59,62,65-67,69,76-78H,1,6,9-10,18-19,23,28-33,35-39,41,43,45-46H2,2-4H3,(H,79,80)/t48-,50?,56+,59-,62-,65-,66+,67+,69-,70-,71-,72-,73?,74+,75-/m1/s1. The normalized spacial score (nSPS) is 38.2. The summed E-state index contributed by atoms with van der Waals surface area (Å²) in [6, 6.07) is 36.9. The number of aliphatic carboxylic acids is 1. The van der Waals surface area contributed by atoms with Gasteiger partial charge in [-0.15, -0.1) is 0 Å². The van der Waals surface area contributed by atoms with Gasteiger partial charge in [-0.2, -0.15) is 0 Å². The van der Waals surface area contributed by atoms with Crippen LogP contribution in [0.3, 0.4) is 0 Å². The van der Waals surface area contributed by atoms with Gasteiger partial charge in [-0.25, -0.2) is 0 Å². The first-order chi connectivity index (χ1) is 38.6. The highest BCUT2D eigenvalue weighted by Gasteiger charge is 2.80. The van der Waals surface area contributed by atoms with Crippen LogP contribution in [0.15, 0.2) is 150 Å². The van der Waals surface area contributed by atoms with E-state index < -0.39 is 29.5 Å². The van der Waals surface area contributed by atoms with Crippen molar-refractivity contribution in [3.8, 4) is 16.9 Å². The number of hydrogen-bond acceptors (Lipinski definition) is 4. The number of hydrogen-bond donors (Lipinski definition) is 4. The number of fused-ring (bicyclic) bond motifs is 2. The molecule has 1 spiro atoms. The number of carboxylic acids is 1. The van der Waals surface area contributed by atoms with Gasteiger partial charge in [0, 0.05) is 33.5 Å². The molecular weight excluding hydrogens is 981 g/mol. The Kier molecular flexibility index (Phi) is 12.8. The second kappa shape index (κ2) is 19.4. The Balaban J connectivity index is 0.938. The van der Waals surface area contributed by atoms with Crippen LogP contribution < -0.4 is 10.4 Å². The number of rotatable bonds is 12. The fourth-order valence-electron chi connectivity index (χ4n) is 22.3. The van der Waals surface area contributed by atoms with E-state index in [9.17, 15) is 25.2 Å². The van der Waals surface area contributed by atoms with Crippen molar-refractivity contribution in [1.29, 1.82) is 0 Å². The van der Waals surface area contributed by atoms with Crippen molar-refractivity contribution in [2.45, 2.75) is 168 Å². The molecule has 14 rings (SSSR count). The first-order valence-electron chi connectivity index (χ1n) is 31.8. The molecule has 0 aliphatic heterocycles. The summed E-state index contributed by atoms with van der Waals surface area (Å²) in [6.07, 6.45) is 30.7. The zero-order valence-electron chi connectivity index (χ0n) is 48.2. The molecule has 10 aliphatic rings. The molecule has 5 heteroatoms. The van der Waals surface area contributed by atoms with E-state index in [-0.39, 0.29) is 56.5 Å². The molecular formula is C75H88O5. The number of aliphatic hydroxyl groups is 2. The van der Waals surface area contributed by atoms with Crippen molar-refractivity contribution in [1.82, 2.24) is 0 Å². The van der Waals surface area contributed by atoms with Crippen molar-refractivity contribution in [2.75, 3.05) is 0 Å². The Morgan fingerprint density at radius 3 is 2.30 bits per heavy atom. The van der Waals surface area contributed by atoms with Crippen LogP contribution >= 0.6 is 0 Å². The summed E-state index contributed by atoms with van der Waals surface area (Å²) in [6.45, 7) is 12.1. The highest BCUT2D eigenvalue weighted by molar-refractivity contribution is 5.77. The summed E-state index contributed by atoms with van der Waals surface area (Å²) in [4.78, 5) is 14.4. The van der Waals surface area contributed by atoms with Gasteiger partial charge in [0.2, 0.25) is 0 Å². The van der Waals surface area contributed by atoms with Crippen molar-refractivity contribution >= 4 is 17.6 Å². The van der Waals surface area contributed by atoms with Crippen LogP contribution in [-0.2, 0) is 17.6 Å². The largest absolute Gasteiger partial charge is 0.508 e. The third-order valence-corrected chi connectivity index (χ3v) is 25.7. The molecule has 5 saturated carbocycles. The molecule has 0 saturated heterocycles. The highest BCUT2D eigenvalue weighted by Crippen LogP contribution is 2.86. The van der Waals surface area contributed by atoms with Gasteiger partial charge in [0.25, 0.3) is 0 Å². The van der Waals surface area contributed by atoms with Crippen LogP contribution in [-0.4, -0.2) is 38.6 Å². The molecule has 4 bridgehead atoms. The second-order valence-corrected chi connectivity index (χ2v) is 28.8. The summed E-state index contributed by atoms with van der Waals surface area (Å²) in [5, 5.41) is 50.8. The van der Waals surface area contributed by atoms with E-state index in [4.69, 9.17) is 6.58 Å². The third kappa shape index (κ3) is 7.62. The predicted octanol–water partition coefficient (Wildman–Crippen LogP) is 15.1. The van der Waals surface area contributed by atoms with Gasteiger partial charge in [0.05, 0.1) is 18.1 Å². The van der Waals surface area contributed by atoms with E-state index in [0.29, 0.717) is 37.0 Å². The van der Waals surface area contributed by atoms with Crippen molar-refractivity contribution in [3.05, 3.63) is 172 Å². The van der Waals surface area contributed by atoms with Crippen LogP contribution in [0.5, 0.6) is 5.75 Å². The Labute approximate surface area is 476 Å². The number of aromatic hydroxyl groups is 1. The maximum absolute atomic E-state index is 14.4. The number of benzene rings is 4. The molecule has 5 nitrogen and oxygen atoms in total. The maximum atomic E-state index is 14.4. The highest BCUT2D eigenvalue weighted by atomic mass is 16.4. The lowest BCUT2D eigenvalue weighted by Gasteiger charge is -2.76. The predicted molar refractivity (Wildman–Crippen MR) is 321 cm³/mol. The molecule has 0 radical (unpaired) electrons. The SMILES string of the molecule is C=C(CC[C@@H](C(=O)O)[C@H]1[C@H](O)C[C@]23C4=C(C[C@H](CCC25CCC(Cc2ccccc2)CC5)[C@]13C)[C@]12CC[C@H](O)[C@@]3(C)CC=C[C@@](C=C5C(Cc6cccc(-c7ccc(O)cc7)c6)=c6ccccc6=C[C@H]51)(C4)[C@@H]32)[C@@H](C)C1CCCCC1. The van der Waals surface area contributed by atoms with Crippen LogP contribution in [0.4, 0.5) is 0 Å². The molecule has 0 amide bonds. The van der Waals surface area contributed by atoms with Crippen molar-refractivity contribution < 1.29 is 25.2 Å². The molecule has 5 fully saturated rings. The lowest BCUT2D eigenvalue weighted by atomic mass is 9.27. The minimum atomic E-state index is -0.728. The van der Waals surface area contributed by atoms with Gasteiger partial charge >= 0.3 is 5.97 Å². The summed E-state index contributed by atoms with van der Waals surface area (Å²) in [7, 11) is 0. The minimum Gasteiger partial charge on any atom is -0.508 e. The molecule has 0 heterocycles. The number of carboxylic acid groups (broad SMARTS) is 1. The number of phenolic OH excluding ortho intramolecular Hbond substituents is 1. The molecule has 13 atom stereocenters. The summed E-state index contributed by atoms with van der Waals surface area (Å²) in [5.41, 5.74) is 10.5. The van der Waals surface area contributed by atoms with Crippen LogP contribution in [0.1, 0.15) is 154 Å². The average Bonchev–Trinajstić information content (AvgIpc) is 3.51. The lowest BCUT2D eigenvalue weighted by molar-refractivity contribution is -0.198. The molecule has 418 valence electrons. The number of carbonyl (C=O) groups is 1. The lowest BCUT2D eigenvalue weighted by Crippen LogP contribution is -2.70. The van der Waals surface area contributed by atoms with Crippen molar-refractivity contribution in [3.63, 3.8) is 0 Å². The Morgan fingerprint density at radius 1 is 0.787 bits per heavy atom. The van der Waals surface area contributed by atoms with Gasteiger partial charge < -0.3 is 20.4 Å². The van der Waals surface area contributed by atoms with E-state index in [0.717, 1.165) is 94.6 Å². The summed E-state index contributed by atoms with van der Waals surface area (Å²) >= 11 is 0. The smallest absolute Gasteiger partial charge is 0.306 e. The minimum absolute atomic E-state index is 0.0657. The number of allylic oxidation sites excluding steroid dienone is 7. The van der Waals surface area contributed by atoms with E-state index in [2.05, 4.69) is 124 Å². The van der Waals surface area contributed by atoms with Crippen LogP contribution in [0.25, 0.3) is 22.8 Å². The van der Waals surface area contributed by atoms with E-state index in [1.54, 1.807) is 23.3 Å².